The first-order valence-electron chi connectivity index (χ1n) is 5.45. The number of ether oxygens (including phenoxy) is 3. The predicted octanol–water partition coefficient (Wildman–Crippen LogP) is 1.56. The van der Waals surface area contributed by atoms with Gasteiger partial charge in [-0.15, -0.1) is 0 Å². The van der Waals surface area contributed by atoms with Gasteiger partial charge in [0.05, 0.1) is 27.4 Å². The summed E-state index contributed by atoms with van der Waals surface area (Å²) in [7, 11) is 3.19. The van der Waals surface area contributed by atoms with Crippen molar-refractivity contribution in [3.05, 3.63) is 23.8 Å². The van der Waals surface area contributed by atoms with Gasteiger partial charge in [-0.3, -0.25) is 4.79 Å². The summed E-state index contributed by atoms with van der Waals surface area (Å²) in [5, 5.41) is 0. The molecule has 0 aliphatic carbocycles. The average molecular weight is 236 g/mol. The Morgan fingerprint density at radius 3 is 2.00 bits per heavy atom. The summed E-state index contributed by atoms with van der Waals surface area (Å²) >= 11 is 0. The van der Waals surface area contributed by atoms with Crippen molar-refractivity contribution >= 4 is 5.78 Å². The fraction of sp³-hybridized carbons (Fsp3) is 0.462. The first kappa shape index (κ1) is 11.9. The molecule has 92 valence electrons. The van der Waals surface area contributed by atoms with Gasteiger partial charge in [0.2, 0.25) is 0 Å². The fourth-order valence-electron chi connectivity index (χ4n) is 1.96. The van der Waals surface area contributed by atoms with E-state index in [1.807, 2.05) is 12.1 Å². The highest BCUT2D eigenvalue weighted by molar-refractivity contribution is 5.89. The van der Waals surface area contributed by atoms with Crippen LogP contribution in [-0.4, -0.2) is 33.2 Å². The van der Waals surface area contributed by atoms with Gasteiger partial charge in [-0.05, 0) is 24.6 Å². The lowest BCUT2D eigenvalue weighted by Gasteiger charge is -2.39. The second-order valence-electron chi connectivity index (χ2n) is 4.23. The highest BCUT2D eigenvalue weighted by atomic mass is 16.5. The van der Waals surface area contributed by atoms with Gasteiger partial charge in [-0.2, -0.15) is 0 Å². The number of carbonyl (C=O) groups excluding carboxylic acids is 1. The summed E-state index contributed by atoms with van der Waals surface area (Å²) in [6.45, 7) is 2.45. The molecule has 17 heavy (non-hydrogen) atoms. The van der Waals surface area contributed by atoms with Crippen LogP contribution in [0.25, 0.3) is 0 Å². The molecule has 0 N–H and O–H groups in total. The largest absolute Gasteiger partial charge is 0.497 e. The van der Waals surface area contributed by atoms with Crippen molar-refractivity contribution in [3.63, 3.8) is 0 Å². The zero-order valence-corrected chi connectivity index (χ0v) is 10.3. The molecule has 0 spiro atoms. The summed E-state index contributed by atoms with van der Waals surface area (Å²) in [5.74, 6) is 1.48. The van der Waals surface area contributed by atoms with Gasteiger partial charge in [0.25, 0.3) is 0 Å². The minimum Gasteiger partial charge on any atom is -0.497 e. The van der Waals surface area contributed by atoms with E-state index in [0.29, 0.717) is 24.7 Å². The predicted molar refractivity (Wildman–Crippen MR) is 62.7 cm³/mol. The van der Waals surface area contributed by atoms with Gasteiger partial charge < -0.3 is 14.2 Å². The van der Waals surface area contributed by atoms with Crippen LogP contribution in [-0.2, 0) is 14.9 Å². The van der Waals surface area contributed by atoms with Gasteiger partial charge in [0.1, 0.15) is 22.7 Å². The second-order valence-corrected chi connectivity index (χ2v) is 4.23. The molecule has 4 heteroatoms. The summed E-state index contributed by atoms with van der Waals surface area (Å²) in [5.41, 5.74) is 0.370. The SMILES string of the molecule is COc1cc(OC)cc(C2(C(C)=O)COC2)c1. The maximum absolute atomic E-state index is 11.8. The highest BCUT2D eigenvalue weighted by Gasteiger charge is 2.45. The number of Topliss-reactive ketones (excluding diaryl/α,β-unsaturated/α-hetero) is 1. The zero-order valence-electron chi connectivity index (χ0n) is 10.3. The second kappa shape index (κ2) is 4.37. The molecule has 4 nitrogen and oxygen atoms in total. The molecule has 0 atom stereocenters. The normalized spacial score (nSPS) is 17.1. The molecule has 0 unspecified atom stereocenters. The van der Waals surface area contributed by atoms with Gasteiger partial charge >= 0.3 is 0 Å². The van der Waals surface area contributed by atoms with E-state index < -0.39 is 5.41 Å². The summed E-state index contributed by atoms with van der Waals surface area (Å²) in [6, 6.07) is 5.52. The van der Waals surface area contributed by atoms with Crippen LogP contribution in [0.1, 0.15) is 12.5 Å². The Labute approximate surface area is 100 Å². The maximum Gasteiger partial charge on any atom is 0.145 e. The van der Waals surface area contributed by atoms with Crippen LogP contribution in [0.15, 0.2) is 18.2 Å². The number of benzene rings is 1. The Hall–Kier alpha value is -1.55. The van der Waals surface area contributed by atoms with Crippen molar-refractivity contribution in [3.8, 4) is 11.5 Å². The first-order chi connectivity index (χ1) is 8.12. The Morgan fingerprint density at radius 2 is 1.71 bits per heavy atom. The van der Waals surface area contributed by atoms with E-state index in [9.17, 15) is 4.79 Å². The quantitative estimate of drug-likeness (QED) is 0.795. The summed E-state index contributed by atoms with van der Waals surface area (Å²) < 4.78 is 15.6. The molecular weight excluding hydrogens is 220 g/mol. The molecule has 0 bridgehead atoms. The van der Waals surface area contributed by atoms with Gasteiger partial charge in [0, 0.05) is 6.07 Å². The van der Waals surface area contributed by atoms with E-state index in [1.54, 1.807) is 27.2 Å². The van der Waals surface area contributed by atoms with E-state index in [-0.39, 0.29) is 5.78 Å². The Kier molecular flexibility index (Phi) is 3.07. The first-order valence-corrected chi connectivity index (χ1v) is 5.45. The Morgan fingerprint density at radius 1 is 1.18 bits per heavy atom. The summed E-state index contributed by atoms with van der Waals surface area (Å²) in [4.78, 5) is 11.8. The van der Waals surface area contributed by atoms with Crippen LogP contribution < -0.4 is 9.47 Å². The van der Waals surface area contributed by atoms with Gasteiger partial charge in [0.15, 0.2) is 0 Å². The molecule has 2 rings (SSSR count). The van der Waals surface area contributed by atoms with Crippen LogP contribution in [0.2, 0.25) is 0 Å². The minimum absolute atomic E-state index is 0.110. The van der Waals surface area contributed by atoms with Gasteiger partial charge in [-0.25, -0.2) is 0 Å². The molecule has 1 aliphatic heterocycles. The molecule has 0 saturated carbocycles. The topological polar surface area (TPSA) is 44.8 Å². The third-order valence-corrected chi connectivity index (χ3v) is 3.27. The van der Waals surface area contributed by atoms with Crippen molar-refractivity contribution < 1.29 is 19.0 Å². The molecule has 1 aromatic carbocycles. The van der Waals surface area contributed by atoms with Crippen LogP contribution in [0.5, 0.6) is 11.5 Å². The smallest absolute Gasteiger partial charge is 0.145 e. The standard InChI is InChI=1S/C13H16O4/c1-9(14)13(7-17-8-13)10-4-11(15-2)6-12(5-10)16-3/h4-6H,7-8H2,1-3H3. The number of methoxy groups -OCH3 is 2. The summed E-state index contributed by atoms with van der Waals surface area (Å²) in [6.07, 6.45) is 0. The minimum atomic E-state index is -0.526. The lowest BCUT2D eigenvalue weighted by molar-refractivity contribution is -0.140. The molecule has 1 aromatic rings. The number of hydrogen-bond donors (Lipinski definition) is 0. The van der Waals surface area contributed by atoms with Crippen molar-refractivity contribution in [2.75, 3.05) is 27.4 Å². The van der Waals surface area contributed by atoms with E-state index in [1.165, 1.54) is 0 Å². The zero-order chi connectivity index (χ0) is 12.5. The monoisotopic (exact) mass is 236 g/mol. The van der Waals surface area contributed by atoms with Crippen LogP contribution >= 0.6 is 0 Å². The van der Waals surface area contributed by atoms with Crippen molar-refractivity contribution in [2.45, 2.75) is 12.3 Å². The lowest BCUT2D eigenvalue weighted by atomic mass is 9.75. The highest BCUT2D eigenvalue weighted by Crippen LogP contribution is 2.37. The van der Waals surface area contributed by atoms with E-state index in [2.05, 4.69) is 0 Å². The van der Waals surface area contributed by atoms with Crippen molar-refractivity contribution in [1.29, 1.82) is 0 Å². The third-order valence-electron chi connectivity index (χ3n) is 3.27. The molecule has 0 radical (unpaired) electrons. The lowest BCUT2D eigenvalue weighted by Crippen LogP contribution is -2.52. The third kappa shape index (κ3) is 1.89. The average Bonchev–Trinajstić information content (AvgIpc) is 2.26. The van der Waals surface area contributed by atoms with Gasteiger partial charge in [-0.1, -0.05) is 0 Å². The number of ketones is 1. The molecule has 0 aromatic heterocycles. The fourth-order valence-corrected chi connectivity index (χ4v) is 1.96. The Balaban J connectivity index is 2.46. The van der Waals surface area contributed by atoms with Crippen molar-refractivity contribution in [1.82, 2.24) is 0 Å². The molecule has 1 aliphatic rings. The molecule has 1 fully saturated rings. The Bertz CT molecular complexity index is 413. The van der Waals surface area contributed by atoms with Crippen LogP contribution in [0.3, 0.4) is 0 Å². The van der Waals surface area contributed by atoms with E-state index >= 15 is 0 Å². The van der Waals surface area contributed by atoms with E-state index in [4.69, 9.17) is 14.2 Å². The number of rotatable bonds is 4. The number of carbonyl (C=O) groups is 1. The number of hydrogen-bond acceptors (Lipinski definition) is 4. The van der Waals surface area contributed by atoms with Crippen molar-refractivity contribution in [2.24, 2.45) is 0 Å². The molecule has 1 heterocycles. The molecular formula is C13H16O4. The van der Waals surface area contributed by atoms with Crippen LogP contribution in [0, 0.1) is 0 Å². The maximum atomic E-state index is 11.8. The van der Waals surface area contributed by atoms with Crippen LogP contribution in [0.4, 0.5) is 0 Å². The molecule has 0 amide bonds. The molecule has 1 saturated heterocycles. The van der Waals surface area contributed by atoms with E-state index in [0.717, 1.165) is 5.56 Å².